The van der Waals surface area contributed by atoms with Crippen LogP contribution in [0.5, 0.6) is 0 Å². The Morgan fingerprint density at radius 2 is 2.40 bits per heavy atom. The molecule has 0 fully saturated rings. The van der Waals surface area contributed by atoms with E-state index in [0.717, 1.165) is 5.71 Å². The van der Waals surface area contributed by atoms with Gasteiger partial charge in [-0.1, -0.05) is 12.2 Å². The molecule has 1 heterocycles. The van der Waals surface area contributed by atoms with Crippen LogP contribution in [0.15, 0.2) is 5.10 Å². The molecule has 1 aliphatic heterocycles. The van der Waals surface area contributed by atoms with E-state index < -0.39 is 0 Å². The normalized spacial score (nSPS) is 24.0. The lowest BCUT2D eigenvalue weighted by Gasteiger charge is -2.02. The summed E-state index contributed by atoms with van der Waals surface area (Å²) < 4.78 is 0. The van der Waals surface area contributed by atoms with Crippen molar-refractivity contribution in [3.05, 3.63) is 0 Å². The summed E-state index contributed by atoms with van der Waals surface area (Å²) in [6.45, 7) is 3.31. The van der Waals surface area contributed by atoms with Gasteiger partial charge in [-0.3, -0.25) is 10.2 Å². The molecule has 1 N–H and O–H groups in total. The van der Waals surface area contributed by atoms with Crippen molar-refractivity contribution in [1.29, 1.82) is 0 Å². The maximum atomic E-state index is 10.9. The highest BCUT2D eigenvalue weighted by molar-refractivity contribution is 7.80. The van der Waals surface area contributed by atoms with Crippen LogP contribution in [-0.4, -0.2) is 16.5 Å². The minimum absolute atomic E-state index is 0.0521. The van der Waals surface area contributed by atoms with Gasteiger partial charge in [0.05, 0.1) is 5.71 Å². The lowest BCUT2D eigenvalue weighted by molar-refractivity contribution is -0.117. The monoisotopic (exact) mass is 156 g/mol. The Morgan fingerprint density at radius 3 is 2.60 bits per heavy atom. The lowest BCUT2D eigenvalue weighted by atomic mass is 10.0. The van der Waals surface area contributed by atoms with Gasteiger partial charge < -0.3 is 0 Å². The SMILES string of the molecule is CC(=O)C1C(=S)NN=C1C. The van der Waals surface area contributed by atoms with E-state index in [1.54, 1.807) is 6.92 Å². The molecule has 0 amide bonds. The van der Waals surface area contributed by atoms with Crippen LogP contribution in [0, 0.1) is 5.92 Å². The molecule has 0 aromatic heterocycles. The van der Waals surface area contributed by atoms with Crippen molar-refractivity contribution < 1.29 is 4.79 Å². The van der Waals surface area contributed by atoms with E-state index in [-0.39, 0.29) is 11.7 Å². The number of carbonyl (C=O) groups is 1. The van der Waals surface area contributed by atoms with Gasteiger partial charge in [0.2, 0.25) is 0 Å². The number of hydrazone groups is 1. The minimum atomic E-state index is -0.269. The van der Waals surface area contributed by atoms with E-state index in [2.05, 4.69) is 10.5 Å². The Morgan fingerprint density at radius 1 is 1.80 bits per heavy atom. The molecule has 0 aromatic rings. The van der Waals surface area contributed by atoms with Crippen molar-refractivity contribution in [3.8, 4) is 0 Å². The summed E-state index contributed by atoms with van der Waals surface area (Å²) in [6.07, 6.45) is 0. The van der Waals surface area contributed by atoms with E-state index in [4.69, 9.17) is 12.2 Å². The molecular formula is C6H8N2OS. The van der Waals surface area contributed by atoms with Gasteiger partial charge in [-0.05, 0) is 13.8 Å². The summed E-state index contributed by atoms with van der Waals surface area (Å²) in [6, 6.07) is 0. The highest BCUT2D eigenvalue weighted by atomic mass is 32.1. The van der Waals surface area contributed by atoms with E-state index in [9.17, 15) is 4.79 Å². The first-order valence-electron chi connectivity index (χ1n) is 2.97. The molecule has 0 spiro atoms. The zero-order chi connectivity index (χ0) is 7.72. The van der Waals surface area contributed by atoms with Crippen LogP contribution in [0.4, 0.5) is 0 Å². The summed E-state index contributed by atoms with van der Waals surface area (Å²) in [4.78, 5) is 11.4. The van der Waals surface area contributed by atoms with Crippen LogP contribution in [-0.2, 0) is 4.79 Å². The van der Waals surface area contributed by atoms with Gasteiger partial charge in [-0.2, -0.15) is 5.10 Å². The lowest BCUT2D eigenvalue weighted by Crippen LogP contribution is -2.26. The van der Waals surface area contributed by atoms with Crippen molar-refractivity contribution in [2.45, 2.75) is 13.8 Å². The number of nitrogens with one attached hydrogen (secondary N) is 1. The molecule has 1 aliphatic rings. The second-order valence-electron chi connectivity index (χ2n) is 2.27. The van der Waals surface area contributed by atoms with Gasteiger partial charge in [0, 0.05) is 0 Å². The van der Waals surface area contributed by atoms with E-state index in [0.29, 0.717) is 4.99 Å². The van der Waals surface area contributed by atoms with Crippen LogP contribution in [0.25, 0.3) is 0 Å². The van der Waals surface area contributed by atoms with E-state index >= 15 is 0 Å². The third-order valence-corrected chi connectivity index (χ3v) is 1.76. The van der Waals surface area contributed by atoms with Crippen molar-refractivity contribution in [3.63, 3.8) is 0 Å². The summed E-state index contributed by atoms with van der Waals surface area (Å²) in [5.41, 5.74) is 3.36. The number of rotatable bonds is 1. The fourth-order valence-corrected chi connectivity index (χ4v) is 1.32. The number of ketones is 1. The molecular weight excluding hydrogens is 148 g/mol. The molecule has 1 rings (SSSR count). The van der Waals surface area contributed by atoms with Gasteiger partial charge in [0.15, 0.2) is 0 Å². The van der Waals surface area contributed by atoms with Crippen LogP contribution < -0.4 is 5.43 Å². The average Bonchev–Trinajstić information content (AvgIpc) is 2.11. The third kappa shape index (κ3) is 1.07. The Kier molecular flexibility index (Phi) is 1.80. The first-order valence-corrected chi connectivity index (χ1v) is 3.38. The predicted octanol–water partition coefficient (Wildman–Crippen LogP) is 0.498. The molecule has 10 heavy (non-hydrogen) atoms. The van der Waals surface area contributed by atoms with Gasteiger partial charge in [0.1, 0.15) is 16.7 Å². The topological polar surface area (TPSA) is 41.5 Å². The molecule has 0 bridgehead atoms. The second kappa shape index (κ2) is 2.46. The van der Waals surface area contributed by atoms with E-state index in [1.165, 1.54) is 6.92 Å². The van der Waals surface area contributed by atoms with Crippen molar-refractivity contribution in [2.24, 2.45) is 11.0 Å². The summed E-state index contributed by atoms with van der Waals surface area (Å²) >= 11 is 4.85. The van der Waals surface area contributed by atoms with Gasteiger partial charge in [-0.25, -0.2) is 0 Å². The number of hydrogen-bond acceptors (Lipinski definition) is 3. The highest BCUT2D eigenvalue weighted by Gasteiger charge is 2.26. The van der Waals surface area contributed by atoms with Gasteiger partial charge >= 0.3 is 0 Å². The smallest absolute Gasteiger partial charge is 0.145 e. The molecule has 0 aromatic carbocycles. The molecule has 4 heteroatoms. The predicted molar refractivity (Wildman–Crippen MR) is 43.0 cm³/mol. The largest absolute Gasteiger partial charge is 0.299 e. The van der Waals surface area contributed by atoms with Crippen molar-refractivity contribution in [1.82, 2.24) is 5.43 Å². The fraction of sp³-hybridized carbons (Fsp3) is 0.500. The first kappa shape index (κ1) is 7.34. The second-order valence-corrected chi connectivity index (χ2v) is 2.71. The molecule has 1 atom stereocenters. The minimum Gasteiger partial charge on any atom is -0.299 e. The average molecular weight is 156 g/mol. The zero-order valence-corrected chi connectivity index (χ0v) is 6.66. The number of thiocarbonyl (C=S) groups is 1. The maximum absolute atomic E-state index is 10.9. The summed E-state index contributed by atoms with van der Waals surface area (Å²) in [5.74, 6) is -0.216. The molecule has 0 saturated carbocycles. The fourth-order valence-electron chi connectivity index (χ4n) is 0.941. The number of carbonyl (C=O) groups excluding carboxylic acids is 1. The molecule has 0 saturated heterocycles. The molecule has 0 radical (unpaired) electrons. The zero-order valence-electron chi connectivity index (χ0n) is 5.84. The van der Waals surface area contributed by atoms with Crippen LogP contribution in [0.3, 0.4) is 0 Å². The summed E-state index contributed by atoms with van der Waals surface area (Å²) in [5, 5.41) is 3.82. The van der Waals surface area contributed by atoms with Crippen molar-refractivity contribution >= 4 is 28.7 Å². The molecule has 3 nitrogen and oxygen atoms in total. The quantitative estimate of drug-likeness (QED) is 0.562. The molecule has 0 aliphatic carbocycles. The Hall–Kier alpha value is -0.770. The van der Waals surface area contributed by atoms with Crippen molar-refractivity contribution in [2.75, 3.05) is 0 Å². The number of Topliss-reactive ketones (excluding diaryl/α,β-unsaturated/α-hetero) is 1. The Balaban J connectivity index is 2.84. The standard InChI is InChI=1S/C6H8N2OS/c1-3-5(4(2)9)6(10)8-7-3/h5H,1-2H3,(H,8,10). The third-order valence-electron chi connectivity index (χ3n) is 1.43. The Bertz CT molecular complexity index is 222. The highest BCUT2D eigenvalue weighted by Crippen LogP contribution is 2.08. The number of hydrogen-bond donors (Lipinski definition) is 1. The maximum Gasteiger partial charge on any atom is 0.145 e. The van der Waals surface area contributed by atoms with Crippen LogP contribution in [0.1, 0.15) is 13.8 Å². The van der Waals surface area contributed by atoms with Crippen LogP contribution >= 0.6 is 12.2 Å². The van der Waals surface area contributed by atoms with E-state index in [1.807, 2.05) is 0 Å². The molecule has 54 valence electrons. The van der Waals surface area contributed by atoms with Gasteiger partial charge in [-0.15, -0.1) is 0 Å². The first-order chi connectivity index (χ1) is 4.63. The molecule has 1 unspecified atom stereocenters. The van der Waals surface area contributed by atoms with Crippen LogP contribution in [0.2, 0.25) is 0 Å². The van der Waals surface area contributed by atoms with Gasteiger partial charge in [0.25, 0.3) is 0 Å². The Labute approximate surface area is 64.5 Å². The summed E-state index contributed by atoms with van der Waals surface area (Å²) in [7, 11) is 0. The number of nitrogens with zero attached hydrogens (tertiary/aromatic N) is 1.